The minimum Gasteiger partial charge on any atom is -0.481 e. The second kappa shape index (κ2) is 10.3. The number of amides is 1. The number of methoxy groups -OCH3 is 1. The minimum atomic E-state index is -4.50. The molecule has 38 heavy (non-hydrogen) atoms. The first-order chi connectivity index (χ1) is 18.2. The van der Waals surface area contributed by atoms with Gasteiger partial charge >= 0.3 is 6.18 Å². The number of hydrogen-bond acceptors (Lipinski definition) is 8. The van der Waals surface area contributed by atoms with E-state index in [0.717, 1.165) is 30.5 Å². The lowest BCUT2D eigenvalue weighted by molar-refractivity contribution is -0.137. The highest BCUT2D eigenvalue weighted by Crippen LogP contribution is 2.44. The van der Waals surface area contributed by atoms with Gasteiger partial charge in [0, 0.05) is 36.3 Å². The second-order valence-corrected chi connectivity index (χ2v) is 9.83. The Morgan fingerprint density at radius 3 is 2.58 bits per heavy atom. The van der Waals surface area contributed by atoms with Crippen LogP contribution in [0.2, 0.25) is 0 Å². The molecule has 1 aromatic carbocycles. The number of ether oxygens (including phenoxy) is 1. The predicted molar refractivity (Wildman–Crippen MR) is 133 cm³/mol. The molecular weight excluding hydrogens is 501 g/mol. The number of hydrogen-bond donors (Lipinski definition) is 3. The maximum Gasteiger partial charge on any atom is 0.416 e. The molecule has 0 radical (unpaired) electrons. The zero-order valence-electron chi connectivity index (χ0n) is 20.8. The number of aromatic nitrogens is 3. The largest absolute Gasteiger partial charge is 0.481 e. The normalized spacial score (nSPS) is 22.6. The highest BCUT2D eigenvalue weighted by atomic mass is 19.4. The van der Waals surface area contributed by atoms with E-state index < -0.39 is 11.7 Å². The van der Waals surface area contributed by atoms with Crippen molar-refractivity contribution in [3.63, 3.8) is 0 Å². The first-order valence-corrected chi connectivity index (χ1v) is 12.5. The number of rotatable bonds is 7. The highest BCUT2D eigenvalue weighted by Gasteiger charge is 2.47. The third-order valence-electron chi connectivity index (χ3n) is 7.50. The van der Waals surface area contributed by atoms with Gasteiger partial charge in [-0.15, -0.1) is 0 Å². The van der Waals surface area contributed by atoms with Crippen molar-refractivity contribution in [2.45, 2.75) is 49.5 Å². The van der Waals surface area contributed by atoms with Crippen molar-refractivity contribution in [3.8, 4) is 5.88 Å². The van der Waals surface area contributed by atoms with Gasteiger partial charge in [0.2, 0.25) is 11.8 Å². The van der Waals surface area contributed by atoms with Gasteiger partial charge in [-0.05, 0) is 49.4 Å². The molecule has 3 heterocycles. The Morgan fingerprint density at radius 2 is 1.92 bits per heavy atom. The van der Waals surface area contributed by atoms with Gasteiger partial charge in [0.05, 0.1) is 36.9 Å². The fraction of sp³-hybridized carbons (Fsp3) is 0.462. The van der Waals surface area contributed by atoms with Crippen molar-refractivity contribution >= 4 is 22.6 Å². The number of fused-ring (bicyclic) bond motifs is 1. The number of pyridine rings is 1. The molecule has 1 aliphatic carbocycles. The van der Waals surface area contributed by atoms with Crippen molar-refractivity contribution in [1.82, 2.24) is 25.2 Å². The molecule has 2 aliphatic rings. The average molecular weight is 531 g/mol. The van der Waals surface area contributed by atoms with E-state index in [-0.39, 0.29) is 41.3 Å². The SMILES string of the molecule is COc1ccc(C2(N3CC(NC(=O)CNc4ncnc5ccc(C(F)(F)F)cc45)C3)CCC(O)CC2)cn1. The summed E-state index contributed by atoms with van der Waals surface area (Å²) >= 11 is 0. The van der Waals surface area contributed by atoms with E-state index in [1.54, 1.807) is 7.11 Å². The van der Waals surface area contributed by atoms with Crippen LogP contribution in [0.4, 0.5) is 19.0 Å². The number of halogens is 3. The summed E-state index contributed by atoms with van der Waals surface area (Å²) in [5.74, 6) is 0.415. The molecule has 2 aromatic heterocycles. The Kier molecular flexibility index (Phi) is 7.10. The molecular formula is C26H29F3N6O3. The second-order valence-electron chi connectivity index (χ2n) is 9.83. The lowest BCUT2D eigenvalue weighted by Gasteiger charge is -2.54. The van der Waals surface area contributed by atoms with Gasteiger partial charge in [0.25, 0.3) is 0 Å². The van der Waals surface area contributed by atoms with Crippen molar-refractivity contribution in [1.29, 1.82) is 0 Å². The number of nitrogens with zero attached hydrogens (tertiary/aromatic N) is 4. The van der Waals surface area contributed by atoms with Crippen LogP contribution in [0.15, 0.2) is 42.9 Å². The van der Waals surface area contributed by atoms with Crippen molar-refractivity contribution in [2.24, 2.45) is 0 Å². The van der Waals surface area contributed by atoms with E-state index in [0.29, 0.717) is 37.3 Å². The highest BCUT2D eigenvalue weighted by molar-refractivity contribution is 5.91. The monoisotopic (exact) mass is 530 g/mol. The Bertz CT molecular complexity index is 1290. The predicted octanol–water partition coefficient (Wildman–Crippen LogP) is 3.09. The molecule has 1 saturated carbocycles. The lowest BCUT2D eigenvalue weighted by Crippen LogP contribution is -2.66. The van der Waals surface area contributed by atoms with Gasteiger partial charge in [-0.3, -0.25) is 9.69 Å². The summed E-state index contributed by atoms with van der Waals surface area (Å²) in [7, 11) is 1.57. The number of carbonyl (C=O) groups is 1. The van der Waals surface area contributed by atoms with Crippen LogP contribution in [0.3, 0.4) is 0 Å². The molecule has 1 aliphatic heterocycles. The van der Waals surface area contributed by atoms with Crippen LogP contribution in [-0.4, -0.2) is 69.8 Å². The van der Waals surface area contributed by atoms with Crippen LogP contribution < -0.4 is 15.4 Å². The van der Waals surface area contributed by atoms with E-state index in [9.17, 15) is 23.1 Å². The van der Waals surface area contributed by atoms with Gasteiger partial charge in [0.1, 0.15) is 12.1 Å². The summed E-state index contributed by atoms with van der Waals surface area (Å²) < 4.78 is 44.7. The summed E-state index contributed by atoms with van der Waals surface area (Å²) in [4.78, 5) is 27.4. The molecule has 3 aromatic rings. The number of aliphatic hydroxyl groups is 1. The molecule has 5 rings (SSSR count). The van der Waals surface area contributed by atoms with E-state index in [1.807, 2.05) is 18.3 Å². The Labute approximate surface area is 217 Å². The Hall–Kier alpha value is -3.51. The first kappa shape index (κ1) is 26.1. The molecule has 2 fully saturated rings. The summed E-state index contributed by atoms with van der Waals surface area (Å²) in [5, 5.41) is 16.1. The maximum atomic E-state index is 13.2. The van der Waals surface area contributed by atoms with Gasteiger partial charge in [-0.1, -0.05) is 6.07 Å². The van der Waals surface area contributed by atoms with Crippen LogP contribution in [0.25, 0.3) is 10.9 Å². The molecule has 1 saturated heterocycles. The van der Waals surface area contributed by atoms with Gasteiger partial charge in [-0.25, -0.2) is 15.0 Å². The molecule has 0 spiro atoms. The number of anilines is 1. The van der Waals surface area contributed by atoms with Crippen LogP contribution in [0, 0.1) is 0 Å². The minimum absolute atomic E-state index is 0.0711. The fourth-order valence-corrected chi connectivity index (χ4v) is 5.38. The maximum absolute atomic E-state index is 13.2. The number of carbonyl (C=O) groups excluding carboxylic acids is 1. The summed E-state index contributed by atoms with van der Waals surface area (Å²) in [6.45, 7) is 1.14. The lowest BCUT2D eigenvalue weighted by atomic mass is 9.73. The van der Waals surface area contributed by atoms with E-state index in [4.69, 9.17) is 4.74 Å². The third-order valence-corrected chi connectivity index (χ3v) is 7.50. The molecule has 3 N–H and O–H groups in total. The van der Waals surface area contributed by atoms with Crippen molar-refractivity contribution < 1.29 is 27.8 Å². The molecule has 0 bridgehead atoms. The topological polar surface area (TPSA) is 113 Å². The van der Waals surface area contributed by atoms with Crippen molar-refractivity contribution in [2.75, 3.05) is 32.1 Å². The summed E-state index contributed by atoms with van der Waals surface area (Å²) in [5.41, 5.74) is 0.332. The fourth-order valence-electron chi connectivity index (χ4n) is 5.38. The number of likely N-dealkylation sites (tertiary alicyclic amines) is 1. The number of nitrogens with one attached hydrogen (secondary N) is 2. The van der Waals surface area contributed by atoms with Crippen LogP contribution in [-0.2, 0) is 16.5 Å². The standard InChI is InChI=1S/C26H29F3N6O3/c1-38-23-5-3-17(11-30-23)25(8-6-19(36)7-9-25)35-13-18(14-35)34-22(37)12-31-24-20-10-16(26(27,28)29)2-4-21(20)32-15-33-24/h2-5,10-11,15,18-19,36H,6-9,12-14H2,1H3,(H,34,37)(H,31,32,33). The van der Waals surface area contributed by atoms with Gasteiger partial charge < -0.3 is 20.5 Å². The smallest absolute Gasteiger partial charge is 0.416 e. The van der Waals surface area contributed by atoms with Crippen LogP contribution in [0.5, 0.6) is 5.88 Å². The van der Waals surface area contributed by atoms with Crippen LogP contribution in [0.1, 0.15) is 36.8 Å². The first-order valence-electron chi connectivity index (χ1n) is 12.5. The summed E-state index contributed by atoms with van der Waals surface area (Å²) in [6, 6.07) is 7.01. The van der Waals surface area contributed by atoms with E-state index in [2.05, 4.69) is 30.5 Å². The molecule has 1 amide bonds. The molecule has 202 valence electrons. The number of benzene rings is 1. The molecule has 12 heteroatoms. The Morgan fingerprint density at radius 1 is 1.16 bits per heavy atom. The zero-order valence-corrected chi connectivity index (χ0v) is 20.8. The third kappa shape index (κ3) is 5.23. The van der Waals surface area contributed by atoms with Gasteiger partial charge in [0.15, 0.2) is 0 Å². The van der Waals surface area contributed by atoms with Gasteiger partial charge in [-0.2, -0.15) is 13.2 Å². The quantitative estimate of drug-likeness (QED) is 0.427. The van der Waals surface area contributed by atoms with E-state index in [1.165, 1.54) is 12.4 Å². The van der Waals surface area contributed by atoms with E-state index >= 15 is 0 Å². The van der Waals surface area contributed by atoms with Crippen molar-refractivity contribution in [3.05, 3.63) is 54.0 Å². The molecule has 0 atom stereocenters. The average Bonchev–Trinajstić information content (AvgIpc) is 2.89. The molecule has 9 nitrogen and oxygen atoms in total. The molecule has 0 unspecified atom stereocenters. The Balaban J connectivity index is 1.21. The van der Waals surface area contributed by atoms with Crippen LogP contribution >= 0.6 is 0 Å². The number of aliphatic hydroxyl groups excluding tert-OH is 1. The zero-order chi connectivity index (χ0) is 26.9. The summed E-state index contributed by atoms with van der Waals surface area (Å²) in [6.07, 6.45) is 1.19. The number of alkyl halides is 3.